The van der Waals surface area contributed by atoms with Crippen LogP contribution in [0.2, 0.25) is 0 Å². The van der Waals surface area contributed by atoms with Gasteiger partial charge in [-0.05, 0) is 42.5 Å². The van der Waals surface area contributed by atoms with Crippen molar-refractivity contribution in [3.8, 4) is 17.2 Å². The molecule has 3 nitrogen and oxygen atoms in total. The average Bonchev–Trinajstić information content (AvgIpc) is 2.84. The van der Waals surface area contributed by atoms with Crippen LogP contribution in [0.3, 0.4) is 0 Å². The number of aryl methyl sites for hydroxylation is 1. The molecule has 1 aliphatic rings. The molecule has 1 aromatic carbocycles. The second-order valence-electron chi connectivity index (χ2n) is 4.65. The molecule has 0 spiro atoms. The lowest BCUT2D eigenvalue weighted by molar-refractivity contribution is 0.900. The molecule has 2 N–H and O–H groups in total. The van der Waals surface area contributed by atoms with E-state index in [0.29, 0.717) is 11.4 Å². The highest BCUT2D eigenvalue weighted by molar-refractivity contribution is 9.10. The van der Waals surface area contributed by atoms with E-state index in [9.17, 15) is 5.26 Å². The van der Waals surface area contributed by atoms with Gasteiger partial charge in [0.1, 0.15) is 17.5 Å². The lowest BCUT2D eigenvalue weighted by Gasteiger charge is -2.12. The van der Waals surface area contributed by atoms with Crippen molar-refractivity contribution >= 4 is 21.7 Å². The van der Waals surface area contributed by atoms with Crippen LogP contribution in [0, 0.1) is 11.3 Å². The first-order valence-electron chi connectivity index (χ1n) is 6.18. The highest BCUT2D eigenvalue weighted by atomic mass is 79.9. The molecule has 0 fully saturated rings. The normalized spacial score (nSPS) is 13.1. The number of hydrogen-bond acceptors (Lipinski definition) is 3. The third kappa shape index (κ3) is 2.00. The van der Waals surface area contributed by atoms with Crippen molar-refractivity contribution in [2.45, 2.75) is 19.3 Å². The summed E-state index contributed by atoms with van der Waals surface area (Å²) < 4.78 is 0.996. The number of rotatable bonds is 1. The summed E-state index contributed by atoms with van der Waals surface area (Å²) in [6.45, 7) is 0. The van der Waals surface area contributed by atoms with E-state index in [1.807, 2.05) is 24.3 Å². The lowest BCUT2D eigenvalue weighted by Crippen LogP contribution is -2.03. The molecule has 0 bridgehead atoms. The molecule has 3 rings (SSSR count). The van der Waals surface area contributed by atoms with Crippen molar-refractivity contribution in [3.05, 3.63) is 45.6 Å². The molecule has 1 aliphatic carbocycles. The van der Waals surface area contributed by atoms with Crippen LogP contribution >= 0.6 is 15.9 Å². The van der Waals surface area contributed by atoms with Crippen LogP contribution in [0.1, 0.15) is 23.2 Å². The summed E-state index contributed by atoms with van der Waals surface area (Å²) in [5.41, 5.74) is 10.7. The molecule has 0 saturated carbocycles. The fourth-order valence-electron chi connectivity index (χ4n) is 2.68. The zero-order valence-corrected chi connectivity index (χ0v) is 11.9. The van der Waals surface area contributed by atoms with Gasteiger partial charge in [-0.3, -0.25) is 0 Å². The minimum atomic E-state index is 0.345. The largest absolute Gasteiger partial charge is 0.383 e. The van der Waals surface area contributed by atoms with Gasteiger partial charge in [0.2, 0.25) is 0 Å². The van der Waals surface area contributed by atoms with Crippen LogP contribution in [-0.4, -0.2) is 4.98 Å². The van der Waals surface area contributed by atoms with Gasteiger partial charge in [-0.2, -0.15) is 5.26 Å². The molecule has 0 atom stereocenters. The molecule has 0 amide bonds. The van der Waals surface area contributed by atoms with Gasteiger partial charge in [0, 0.05) is 15.7 Å². The molecule has 0 radical (unpaired) electrons. The SMILES string of the molecule is N#Cc1c(N)nc2c(c1-c1cccc(Br)c1)CCC2. The van der Waals surface area contributed by atoms with Crippen molar-refractivity contribution in [1.29, 1.82) is 5.26 Å². The van der Waals surface area contributed by atoms with Gasteiger partial charge in [0.15, 0.2) is 0 Å². The second kappa shape index (κ2) is 4.67. The Labute approximate surface area is 120 Å². The highest BCUT2D eigenvalue weighted by Gasteiger charge is 2.23. The van der Waals surface area contributed by atoms with E-state index < -0.39 is 0 Å². The number of fused-ring (bicyclic) bond motifs is 1. The Morgan fingerprint density at radius 1 is 1.32 bits per heavy atom. The predicted molar refractivity (Wildman–Crippen MR) is 78.5 cm³/mol. The maximum atomic E-state index is 9.38. The van der Waals surface area contributed by atoms with Crippen LogP contribution in [0.25, 0.3) is 11.1 Å². The summed E-state index contributed by atoms with van der Waals surface area (Å²) in [7, 11) is 0. The van der Waals surface area contributed by atoms with Crippen LogP contribution in [0.4, 0.5) is 5.82 Å². The zero-order chi connectivity index (χ0) is 13.4. The number of anilines is 1. The number of aromatic nitrogens is 1. The number of halogens is 1. The van der Waals surface area contributed by atoms with Gasteiger partial charge < -0.3 is 5.73 Å². The van der Waals surface area contributed by atoms with Crippen molar-refractivity contribution in [2.75, 3.05) is 5.73 Å². The quantitative estimate of drug-likeness (QED) is 0.877. The van der Waals surface area contributed by atoms with E-state index in [0.717, 1.165) is 40.6 Å². The maximum absolute atomic E-state index is 9.38. The fraction of sp³-hybridized carbons (Fsp3) is 0.200. The Kier molecular flexibility index (Phi) is 3.00. The number of nitrogen functional groups attached to an aromatic ring is 1. The molecule has 0 saturated heterocycles. The van der Waals surface area contributed by atoms with E-state index in [1.165, 1.54) is 5.56 Å². The number of benzene rings is 1. The van der Waals surface area contributed by atoms with Gasteiger partial charge in [0.25, 0.3) is 0 Å². The lowest BCUT2D eigenvalue weighted by atomic mass is 9.95. The van der Waals surface area contributed by atoms with Crippen molar-refractivity contribution in [2.24, 2.45) is 0 Å². The Morgan fingerprint density at radius 2 is 2.16 bits per heavy atom. The standard InChI is InChI=1S/C15H12BrN3/c16-10-4-1-3-9(7-10)14-11-5-2-6-13(11)19-15(18)12(14)8-17/h1,3-4,7H,2,5-6H2,(H2,18,19). The van der Waals surface area contributed by atoms with Crippen molar-refractivity contribution in [3.63, 3.8) is 0 Å². The van der Waals surface area contributed by atoms with Crippen LogP contribution in [0.5, 0.6) is 0 Å². The average molecular weight is 314 g/mol. The number of nitriles is 1. The van der Waals surface area contributed by atoms with E-state index >= 15 is 0 Å². The van der Waals surface area contributed by atoms with Gasteiger partial charge in [-0.15, -0.1) is 0 Å². The van der Waals surface area contributed by atoms with E-state index in [2.05, 4.69) is 27.0 Å². The molecule has 1 heterocycles. The first kappa shape index (κ1) is 12.2. The van der Waals surface area contributed by atoms with E-state index in [-0.39, 0.29) is 0 Å². The molecule has 0 aliphatic heterocycles. The summed E-state index contributed by atoms with van der Waals surface area (Å²) in [5.74, 6) is 0.345. The zero-order valence-electron chi connectivity index (χ0n) is 10.3. The van der Waals surface area contributed by atoms with E-state index in [4.69, 9.17) is 5.73 Å². The fourth-order valence-corrected chi connectivity index (χ4v) is 3.08. The van der Waals surface area contributed by atoms with Gasteiger partial charge in [0.05, 0.1) is 0 Å². The Balaban J connectivity index is 2.34. The Bertz CT molecular complexity index is 701. The molecular formula is C15H12BrN3. The number of hydrogen-bond donors (Lipinski definition) is 1. The maximum Gasteiger partial charge on any atom is 0.142 e. The second-order valence-corrected chi connectivity index (χ2v) is 5.56. The first-order valence-corrected chi connectivity index (χ1v) is 6.97. The molecular weight excluding hydrogens is 302 g/mol. The number of nitrogens with two attached hydrogens (primary N) is 1. The molecule has 4 heteroatoms. The monoisotopic (exact) mass is 313 g/mol. The Morgan fingerprint density at radius 3 is 2.89 bits per heavy atom. The molecule has 1 aromatic heterocycles. The first-order chi connectivity index (χ1) is 9.20. The molecule has 19 heavy (non-hydrogen) atoms. The third-order valence-electron chi connectivity index (χ3n) is 3.48. The molecule has 2 aromatic rings. The summed E-state index contributed by atoms with van der Waals surface area (Å²) >= 11 is 3.48. The van der Waals surface area contributed by atoms with Crippen LogP contribution < -0.4 is 5.73 Å². The summed E-state index contributed by atoms with van der Waals surface area (Å²) in [5, 5.41) is 9.38. The summed E-state index contributed by atoms with van der Waals surface area (Å²) in [4.78, 5) is 4.38. The van der Waals surface area contributed by atoms with E-state index in [1.54, 1.807) is 0 Å². The molecule has 0 unspecified atom stereocenters. The van der Waals surface area contributed by atoms with Gasteiger partial charge in [-0.25, -0.2) is 4.98 Å². The third-order valence-corrected chi connectivity index (χ3v) is 3.97. The summed E-state index contributed by atoms with van der Waals surface area (Å²) in [6, 6.07) is 10.2. The topological polar surface area (TPSA) is 62.7 Å². The van der Waals surface area contributed by atoms with Gasteiger partial charge in [-0.1, -0.05) is 28.1 Å². The number of pyridine rings is 1. The number of nitrogens with zero attached hydrogens (tertiary/aromatic N) is 2. The van der Waals surface area contributed by atoms with Crippen molar-refractivity contribution in [1.82, 2.24) is 4.98 Å². The molecule has 94 valence electrons. The highest BCUT2D eigenvalue weighted by Crippen LogP contribution is 2.37. The minimum Gasteiger partial charge on any atom is -0.383 e. The smallest absolute Gasteiger partial charge is 0.142 e. The summed E-state index contributed by atoms with van der Waals surface area (Å²) in [6.07, 6.45) is 3.00. The van der Waals surface area contributed by atoms with Gasteiger partial charge >= 0.3 is 0 Å². The van der Waals surface area contributed by atoms with Crippen molar-refractivity contribution < 1.29 is 0 Å². The predicted octanol–water partition coefficient (Wildman–Crippen LogP) is 3.45. The Hall–Kier alpha value is -1.86. The van der Waals surface area contributed by atoms with Crippen LogP contribution in [0.15, 0.2) is 28.7 Å². The minimum absolute atomic E-state index is 0.345. The van der Waals surface area contributed by atoms with Crippen LogP contribution in [-0.2, 0) is 12.8 Å².